The molecule has 4 heteroatoms. The molecule has 3 nitrogen and oxygen atoms in total. The van der Waals surface area contributed by atoms with Crippen molar-refractivity contribution in [3.8, 4) is 0 Å². The molecule has 2 aromatic rings. The lowest BCUT2D eigenvalue weighted by Gasteiger charge is -2.28. The van der Waals surface area contributed by atoms with Crippen molar-refractivity contribution in [2.75, 3.05) is 6.54 Å². The Hall–Kier alpha value is -1.13. The van der Waals surface area contributed by atoms with Crippen LogP contribution in [-0.2, 0) is 5.54 Å². The monoisotopic (exact) mass is 248 g/mol. The van der Waals surface area contributed by atoms with E-state index in [1.54, 1.807) is 11.5 Å². The van der Waals surface area contributed by atoms with Gasteiger partial charge in [0.2, 0.25) is 0 Å². The normalized spacial score (nSPS) is 19.4. The van der Waals surface area contributed by atoms with Gasteiger partial charge in [0.1, 0.15) is 0 Å². The van der Waals surface area contributed by atoms with E-state index < -0.39 is 0 Å². The fraction of sp³-hybridized carbons (Fsp3) is 0.462. The second-order valence-corrected chi connectivity index (χ2v) is 6.01. The Morgan fingerprint density at radius 3 is 2.76 bits per heavy atom. The fourth-order valence-electron chi connectivity index (χ4n) is 2.43. The van der Waals surface area contributed by atoms with Crippen molar-refractivity contribution in [2.24, 2.45) is 11.7 Å². The van der Waals surface area contributed by atoms with E-state index in [9.17, 15) is 4.79 Å². The molecular formula is C13H16N2OS. The molecule has 1 aromatic carbocycles. The lowest BCUT2D eigenvalue weighted by atomic mass is 9.97. The van der Waals surface area contributed by atoms with Crippen molar-refractivity contribution in [3.05, 3.63) is 34.6 Å². The second-order valence-electron chi connectivity index (χ2n) is 5.02. The minimum absolute atomic E-state index is 0.116. The molecule has 0 bridgehead atoms. The fourth-order valence-corrected chi connectivity index (χ4v) is 3.63. The summed E-state index contributed by atoms with van der Waals surface area (Å²) in [6.45, 7) is 2.64. The van der Waals surface area contributed by atoms with Crippen molar-refractivity contribution < 1.29 is 0 Å². The predicted octanol–water partition coefficient (Wildman–Crippen LogP) is 2.15. The first-order valence-corrected chi connectivity index (χ1v) is 6.76. The molecule has 0 spiro atoms. The standard InChI is InChI=1S/C13H16N2OS/c1-13(8-14,9-6-7-9)15-12(16)10-4-2-3-5-11(10)17-15/h2-5,9H,6-8,14H2,1H3. The summed E-state index contributed by atoms with van der Waals surface area (Å²) >= 11 is 1.55. The molecule has 0 saturated heterocycles. The van der Waals surface area contributed by atoms with E-state index >= 15 is 0 Å². The molecule has 0 aliphatic heterocycles. The van der Waals surface area contributed by atoms with Crippen molar-refractivity contribution >= 4 is 21.6 Å². The molecule has 17 heavy (non-hydrogen) atoms. The van der Waals surface area contributed by atoms with E-state index in [1.807, 2.05) is 28.2 Å². The maximum absolute atomic E-state index is 12.4. The van der Waals surface area contributed by atoms with Gasteiger partial charge in [0.15, 0.2) is 0 Å². The highest BCUT2D eigenvalue weighted by atomic mass is 32.1. The van der Waals surface area contributed by atoms with Gasteiger partial charge in [-0.1, -0.05) is 23.7 Å². The summed E-state index contributed by atoms with van der Waals surface area (Å²) in [6.07, 6.45) is 2.38. The Bertz CT molecular complexity index is 611. The Labute approximate surface area is 104 Å². The van der Waals surface area contributed by atoms with Gasteiger partial charge in [-0.3, -0.25) is 8.75 Å². The summed E-state index contributed by atoms with van der Waals surface area (Å²) in [6, 6.07) is 7.79. The topological polar surface area (TPSA) is 48.0 Å². The maximum Gasteiger partial charge on any atom is 0.269 e. The van der Waals surface area contributed by atoms with Gasteiger partial charge in [0.25, 0.3) is 5.56 Å². The maximum atomic E-state index is 12.4. The average Bonchev–Trinajstić information content (AvgIpc) is 3.15. The largest absolute Gasteiger partial charge is 0.328 e. The third-order valence-corrected chi connectivity index (χ3v) is 5.14. The quantitative estimate of drug-likeness (QED) is 0.904. The molecule has 1 heterocycles. The number of hydrogen-bond donors (Lipinski definition) is 1. The van der Waals surface area contributed by atoms with E-state index in [1.165, 1.54) is 12.8 Å². The van der Waals surface area contributed by atoms with Crippen LogP contribution in [0, 0.1) is 5.92 Å². The minimum Gasteiger partial charge on any atom is -0.328 e. The molecule has 2 N–H and O–H groups in total. The van der Waals surface area contributed by atoms with E-state index in [4.69, 9.17) is 5.73 Å². The van der Waals surface area contributed by atoms with Gasteiger partial charge >= 0.3 is 0 Å². The molecule has 0 radical (unpaired) electrons. The van der Waals surface area contributed by atoms with Gasteiger partial charge in [0, 0.05) is 6.54 Å². The van der Waals surface area contributed by atoms with Gasteiger partial charge in [-0.15, -0.1) is 0 Å². The smallest absolute Gasteiger partial charge is 0.269 e. The number of benzene rings is 1. The van der Waals surface area contributed by atoms with Gasteiger partial charge in [-0.25, -0.2) is 0 Å². The predicted molar refractivity (Wildman–Crippen MR) is 71.5 cm³/mol. The summed E-state index contributed by atoms with van der Waals surface area (Å²) in [5.74, 6) is 0.568. The number of nitrogens with zero attached hydrogens (tertiary/aromatic N) is 1. The van der Waals surface area contributed by atoms with E-state index in [0.717, 1.165) is 10.1 Å². The van der Waals surface area contributed by atoms with E-state index in [0.29, 0.717) is 12.5 Å². The molecule has 1 aliphatic rings. The van der Waals surface area contributed by atoms with Crippen molar-refractivity contribution in [2.45, 2.75) is 25.3 Å². The Balaban J connectivity index is 2.23. The molecule has 1 atom stereocenters. The first kappa shape index (κ1) is 11.0. The first-order chi connectivity index (χ1) is 8.16. The second kappa shape index (κ2) is 3.68. The van der Waals surface area contributed by atoms with Crippen LogP contribution in [0.1, 0.15) is 19.8 Å². The van der Waals surface area contributed by atoms with Crippen LogP contribution in [0.4, 0.5) is 0 Å². The number of fused-ring (bicyclic) bond motifs is 1. The molecule has 1 aromatic heterocycles. The highest BCUT2D eigenvalue weighted by Crippen LogP contribution is 2.44. The summed E-state index contributed by atoms with van der Waals surface area (Å²) in [5, 5.41) is 0.817. The number of nitrogens with two attached hydrogens (primary N) is 1. The summed E-state index contributed by atoms with van der Waals surface area (Å²) < 4.78 is 2.95. The number of hydrogen-bond acceptors (Lipinski definition) is 3. The third kappa shape index (κ3) is 1.55. The molecule has 0 amide bonds. The van der Waals surface area contributed by atoms with Crippen LogP contribution in [0.5, 0.6) is 0 Å². The van der Waals surface area contributed by atoms with Crippen molar-refractivity contribution in [1.82, 2.24) is 3.96 Å². The van der Waals surface area contributed by atoms with Crippen LogP contribution in [0.15, 0.2) is 29.1 Å². The van der Waals surface area contributed by atoms with E-state index in [2.05, 4.69) is 6.92 Å². The van der Waals surface area contributed by atoms with Gasteiger partial charge in [-0.2, -0.15) is 0 Å². The zero-order valence-corrected chi connectivity index (χ0v) is 10.7. The van der Waals surface area contributed by atoms with E-state index in [-0.39, 0.29) is 11.1 Å². The highest BCUT2D eigenvalue weighted by Gasteiger charge is 2.43. The minimum atomic E-state index is -0.194. The van der Waals surface area contributed by atoms with Gasteiger partial charge in [-0.05, 0) is 37.8 Å². The average molecular weight is 248 g/mol. The van der Waals surface area contributed by atoms with Crippen LogP contribution in [-0.4, -0.2) is 10.5 Å². The van der Waals surface area contributed by atoms with Gasteiger partial charge in [0.05, 0.1) is 15.6 Å². The lowest BCUT2D eigenvalue weighted by Crippen LogP contribution is -2.43. The summed E-state index contributed by atoms with van der Waals surface area (Å²) in [5.41, 5.74) is 5.84. The van der Waals surface area contributed by atoms with Crippen LogP contribution >= 0.6 is 11.5 Å². The molecule has 1 unspecified atom stereocenters. The number of aromatic nitrogens is 1. The molecule has 1 saturated carbocycles. The molecule has 3 rings (SSSR count). The highest BCUT2D eigenvalue weighted by molar-refractivity contribution is 7.13. The zero-order valence-electron chi connectivity index (χ0n) is 9.85. The Kier molecular flexibility index (Phi) is 2.38. The Morgan fingerprint density at radius 1 is 1.47 bits per heavy atom. The zero-order chi connectivity index (χ0) is 12.0. The molecule has 90 valence electrons. The van der Waals surface area contributed by atoms with Crippen LogP contribution in [0.2, 0.25) is 0 Å². The van der Waals surface area contributed by atoms with Crippen molar-refractivity contribution in [1.29, 1.82) is 0 Å². The van der Waals surface area contributed by atoms with Crippen LogP contribution in [0.3, 0.4) is 0 Å². The lowest BCUT2D eigenvalue weighted by molar-refractivity contribution is 0.298. The third-order valence-electron chi connectivity index (χ3n) is 3.83. The molecular weight excluding hydrogens is 232 g/mol. The number of rotatable bonds is 3. The van der Waals surface area contributed by atoms with Gasteiger partial charge < -0.3 is 5.73 Å². The first-order valence-electron chi connectivity index (χ1n) is 5.98. The SMILES string of the molecule is CC(CN)(C1CC1)n1sc2ccccc2c1=O. The summed E-state index contributed by atoms with van der Waals surface area (Å²) in [4.78, 5) is 12.4. The Morgan fingerprint density at radius 2 is 2.18 bits per heavy atom. The summed E-state index contributed by atoms with van der Waals surface area (Å²) in [7, 11) is 0. The van der Waals surface area contributed by atoms with Crippen LogP contribution < -0.4 is 11.3 Å². The van der Waals surface area contributed by atoms with Crippen molar-refractivity contribution in [3.63, 3.8) is 0 Å². The molecule has 1 aliphatic carbocycles. The molecule has 1 fully saturated rings. The van der Waals surface area contributed by atoms with Crippen LogP contribution in [0.25, 0.3) is 10.1 Å².